The first-order chi connectivity index (χ1) is 51.5. The van der Waals surface area contributed by atoms with Crippen molar-refractivity contribution >= 4 is 87.2 Å². The monoisotopic (exact) mass is 1320 g/mol. The van der Waals surface area contributed by atoms with Gasteiger partial charge in [-0.1, -0.05) is 249 Å². The lowest BCUT2D eigenvalue weighted by atomic mass is 9.98. The van der Waals surface area contributed by atoms with Gasteiger partial charge in [-0.25, -0.2) is 19.9 Å². The molecule has 0 unspecified atom stereocenters. The summed E-state index contributed by atoms with van der Waals surface area (Å²) in [6.45, 7) is 0. The molecule has 484 valence electrons. The van der Waals surface area contributed by atoms with Crippen molar-refractivity contribution < 1.29 is 0 Å². The van der Waals surface area contributed by atoms with E-state index in [0.29, 0.717) is 0 Å². The predicted octanol–water partition coefficient (Wildman–Crippen LogP) is 24.4. The molecule has 8 nitrogen and oxygen atoms in total. The lowest BCUT2D eigenvalue weighted by Gasteiger charge is -2.10. The summed E-state index contributed by atoms with van der Waals surface area (Å²) in [5.41, 5.74) is 29.6. The highest BCUT2D eigenvalue weighted by Crippen LogP contribution is 2.38. The van der Waals surface area contributed by atoms with Crippen LogP contribution in [-0.2, 0) is 0 Å². The van der Waals surface area contributed by atoms with Crippen LogP contribution in [-0.4, -0.2) is 39.9 Å². The van der Waals surface area contributed by atoms with Crippen LogP contribution in [0.25, 0.3) is 199 Å². The Kier molecular flexibility index (Phi) is 15.4. The molecule has 0 saturated heterocycles. The summed E-state index contributed by atoms with van der Waals surface area (Å²) in [7, 11) is 0. The van der Waals surface area contributed by atoms with Crippen LogP contribution < -0.4 is 0 Å². The van der Waals surface area contributed by atoms with Gasteiger partial charge in [0.05, 0.1) is 66.9 Å². The fourth-order valence-corrected chi connectivity index (χ4v) is 14.5. The third-order valence-corrected chi connectivity index (χ3v) is 19.9. The van der Waals surface area contributed by atoms with E-state index >= 15 is 0 Å². The van der Waals surface area contributed by atoms with E-state index in [2.05, 4.69) is 335 Å². The van der Waals surface area contributed by atoms with E-state index < -0.39 is 0 Å². The molecule has 0 aliphatic rings. The first kappa shape index (κ1) is 61.0. The van der Waals surface area contributed by atoms with Crippen molar-refractivity contribution in [3.8, 4) is 112 Å². The maximum Gasteiger partial charge on any atom is 0.0970 e. The molecule has 0 amide bonds. The Morgan fingerprint density at radius 1 is 0.154 bits per heavy atom. The lowest BCUT2D eigenvalue weighted by Crippen LogP contribution is -1.89. The second-order valence-electron chi connectivity index (χ2n) is 26.3. The van der Waals surface area contributed by atoms with Crippen molar-refractivity contribution in [1.29, 1.82) is 0 Å². The fraction of sp³-hybridized carbons (Fsp3) is 0. The third-order valence-electron chi connectivity index (χ3n) is 19.9. The number of rotatable bonds is 10. The maximum absolute atomic E-state index is 5.12. The molecule has 0 N–H and O–H groups in total. The average molecular weight is 1330 g/mol. The molecule has 0 saturated carbocycles. The van der Waals surface area contributed by atoms with Crippen molar-refractivity contribution in [1.82, 2.24) is 39.9 Å². The quantitative estimate of drug-likeness (QED) is 0.125. The van der Waals surface area contributed by atoms with Crippen LogP contribution in [0, 0.1) is 0 Å². The summed E-state index contributed by atoms with van der Waals surface area (Å²) in [5.74, 6) is 0. The molecular weight excluding hydrogens is 1270 g/mol. The Morgan fingerprint density at radius 2 is 0.481 bits per heavy atom. The second kappa shape index (κ2) is 26.2. The Morgan fingerprint density at radius 3 is 0.962 bits per heavy atom. The van der Waals surface area contributed by atoms with E-state index in [1.807, 2.05) is 49.1 Å². The first-order valence-corrected chi connectivity index (χ1v) is 34.9. The summed E-state index contributed by atoms with van der Waals surface area (Å²) in [5, 5.41) is 8.80. The average Bonchev–Trinajstić information content (AvgIpc) is 0.781. The van der Waals surface area contributed by atoms with Crippen molar-refractivity contribution in [2.75, 3.05) is 0 Å². The molecule has 0 fully saturated rings. The Balaban J connectivity index is 0.000000143. The minimum absolute atomic E-state index is 0.920. The molecule has 104 heavy (non-hydrogen) atoms. The number of nitrogens with zero attached hydrogens (tertiary/aromatic N) is 8. The van der Waals surface area contributed by atoms with E-state index in [1.54, 1.807) is 0 Å². The standard InChI is InChI=1S/2C48H30N4/c1-2-6-31(7-3-1)36-8-4-9-39(28-36)44-24-20-40-29-37(19-23-45(40)51-44)38-16-15-34-18-22-43(52-46(34)30-38)33-13-11-32(12-14-33)41-25-27-50-48-42(41)21-17-35-10-5-26-49-47(35)48;1-2-5-31(6-3-1)32-8-12-34(13-9-32)43-25-21-40-29-38(20-24-45(40)51-43)39-17-16-36-19-23-44(52-46(36)30-39)35-14-10-33(11-15-35)41-26-28-50-48-42(41)22-18-37-7-4-27-49-47(37)48/h2*1-30H. The number of hydrogen-bond acceptors (Lipinski definition) is 8. The summed E-state index contributed by atoms with van der Waals surface area (Å²) in [4.78, 5) is 38.9. The van der Waals surface area contributed by atoms with E-state index in [0.717, 1.165) is 177 Å². The van der Waals surface area contributed by atoms with Gasteiger partial charge < -0.3 is 0 Å². The topological polar surface area (TPSA) is 103 Å². The SMILES string of the molecule is c1ccc(-c2ccc(-c3ccc4cc(-c5ccc6ccc(-c7ccc(-c8ccnc9c8ccc8cccnc89)cc7)nc6c5)ccc4n3)cc2)cc1.c1ccc(-c2cccc(-c3ccc4cc(-c5ccc6ccc(-c7ccc(-c8ccnc9c8ccc8cccnc89)cc7)nc6c5)ccc4n3)c2)cc1. The Labute approximate surface area is 599 Å². The number of aromatic nitrogens is 8. The minimum atomic E-state index is 0.920. The van der Waals surface area contributed by atoms with Crippen molar-refractivity contribution in [3.05, 3.63) is 365 Å². The third kappa shape index (κ3) is 11.7. The summed E-state index contributed by atoms with van der Waals surface area (Å²) >= 11 is 0. The molecule has 0 bridgehead atoms. The van der Waals surface area contributed by atoms with Gasteiger partial charge in [-0.3, -0.25) is 19.9 Å². The molecule has 20 rings (SSSR count). The zero-order valence-corrected chi connectivity index (χ0v) is 56.2. The number of fused-ring (bicyclic) bond motifs is 10. The highest BCUT2D eigenvalue weighted by molar-refractivity contribution is 6.09. The molecule has 0 aliphatic heterocycles. The summed E-state index contributed by atoms with van der Waals surface area (Å²) in [6.07, 6.45) is 7.40. The zero-order valence-electron chi connectivity index (χ0n) is 56.2. The maximum atomic E-state index is 5.12. The molecule has 12 aromatic carbocycles. The van der Waals surface area contributed by atoms with Gasteiger partial charge in [0.1, 0.15) is 0 Å². The van der Waals surface area contributed by atoms with Crippen LogP contribution in [0.3, 0.4) is 0 Å². The molecule has 0 atom stereocenters. The van der Waals surface area contributed by atoms with Crippen LogP contribution >= 0.6 is 0 Å². The molecule has 0 spiro atoms. The highest BCUT2D eigenvalue weighted by Gasteiger charge is 2.15. The van der Waals surface area contributed by atoms with Gasteiger partial charge in [0.25, 0.3) is 0 Å². The second-order valence-corrected chi connectivity index (χ2v) is 26.3. The fourth-order valence-electron chi connectivity index (χ4n) is 14.5. The van der Waals surface area contributed by atoms with Gasteiger partial charge in [0, 0.05) is 90.1 Å². The molecule has 20 aromatic rings. The van der Waals surface area contributed by atoms with Crippen LogP contribution in [0.1, 0.15) is 0 Å². The molecule has 8 heteroatoms. The van der Waals surface area contributed by atoms with Crippen molar-refractivity contribution in [2.45, 2.75) is 0 Å². The molecule has 8 heterocycles. The number of hydrogen-bond donors (Lipinski definition) is 0. The zero-order chi connectivity index (χ0) is 68.9. The van der Waals surface area contributed by atoms with Gasteiger partial charge in [-0.2, -0.15) is 0 Å². The molecule has 8 aromatic heterocycles. The van der Waals surface area contributed by atoms with Crippen molar-refractivity contribution in [2.24, 2.45) is 0 Å². The van der Waals surface area contributed by atoms with Gasteiger partial charge in [-0.15, -0.1) is 0 Å². The normalized spacial score (nSPS) is 11.5. The van der Waals surface area contributed by atoms with E-state index in [4.69, 9.17) is 19.9 Å². The summed E-state index contributed by atoms with van der Waals surface area (Å²) < 4.78 is 0. The molecule has 0 aliphatic carbocycles. The Bertz CT molecular complexity index is 6700. The van der Waals surface area contributed by atoms with Gasteiger partial charge in [0.15, 0.2) is 0 Å². The van der Waals surface area contributed by atoms with Crippen LogP contribution in [0.2, 0.25) is 0 Å². The van der Waals surface area contributed by atoms with E-state index in [1.165, 1.54) is 22.3 Å². The first-order valence-electron chi connectivity index (χ1n) is 34.9. The molecular formula is C96H60N8. The number of pyridine rings is 8. The van der Waals surface area contributed by atoms with Crippen molar-refractivity contribution in [3.63, 3.8) is 0 Å². The van der Waals surface area contributed by atoms with Crippen LogP contribution in [0.5, 0.6) is 0 Å². The smallest absolute Gasteiger partial charge is 0.0970 e. The lowest BCUT2D eigenvalue weighted by molar-refractivity contribution is 1.37. The minimum Gasteiger partial charge on any atom is -0.254 e. The van der Waals surface area contributed by atoms with E-state index in [9.17, 15) is 0 Å². The van der Waals surface area contributed by atoms with Gasteiger partial charge in [-0.05, 0) is 158 Å². The van der Waals surface area contributed by atoms with Gasteiger partial charge in [0.2, 0.25) is 0 Å². The molecule has 0 radical (unpaired) electrons. The van der Waals surface area contributed by atoms with Gasteiger partial charge >= 0.3 is 0 Å². The summed E-state index contributed by atoms with van der Waals surface area (Å²) in [6, 6.07) is 119. The highest BCUT2D eigenvalue weighted by atomic mass is 14.7. The largest absolute Gasteiger partial charge is 0.254 e. The number of benzene rings is 12. The Hall–Kier alpha value is -14.1. The van der Waals surface area contributed by atoms with Crippen LogP contribution in [0.15, 0.2) is 365 Å². The van der Waals surface area contributed by atoms with E-state index in [-0.39, 0.29) is 0 Å². The van der Waals surface area contributed by atoms with Crippen LogP contribution in [0.4, 0.5) is 0 Å². The predicted molar refractivity (Wildman–Crippen MR) is 430 cm³/mol.